The highest BCUT2D eigenvalue weighted by atomic mass is 19.1. The summed E-state index contributed by atoms with van der Waals surface area (Å²) in [6.07, 6.45) is -0.0620. The van der Waals surface area contributed by atoms with E-state index in [1.54, 1.807) is 33.8 Å². The molecule has 0 fully saturated rings. The lowest BCUT2D eigenvalue weighted by Gasteiger charge is -2.22. The van der Waals surface area contributed by atoms with Crippen molar-refractivity contribution in [3.8, 4) is 5.75 Å². The van der Waals surface area contributed by atoms with E-state index in [-0.39, 0.29) is 24.5 Å². The van der Waals surface area contributed by atoms with Gasteiger partial charge in [0.2, 0.25) is 0 Å². The first-order valence-electron chi connectivity index (χ1n) is 8.92. The highest BCUT2D eigenvalue weighted by Crippen LogP contribution is 2.31. The largest absolute Gasteiger partial charge is 0.494 e. The molecule has 1 atom stereocenters. The monoisotopic (exact) mass is 392 g/mol. The van der Waals surface area contributed by atoms with Crippen LogP contribution >= 0.6 is 0 Å². The lowest BCUT2D eigenvalue weighted by Crippen LogP contribution is -2.25. The molecule has 1 aromatic carbocycles. The second kappa shape index (κ2) is 8.86. The second-order valence-electron chi connectivity index (χ2n) is 7.17. The van der Waals surface area contributed by atoms with Crippen molar-refractivity contribution in [1.82, 2.24) is 10.2 Å². The van der Waals surface area contributed by atoms with Gasteiger partial charge in [-0.05, 0) is 51.5 Å². The maximum atomic E-state index is 14.2. The first-order chi connectivity index (χ1) is 13.1. The van der Waals surface area contributed by atoms with Crippen LogP contribution in [-0.2, 0) is 14.3 Å². The van der Waals surface area contributed by atoms with Gasteiger partial charge in [-0.2, -0.15) is 5.10 Å². The fourth-order valence-corrected chi connectivity index (χ4v) is 2.68. The predicted octanol–water partition coefficient (Wildman–Crippen LogP) is 3.60. The van der Waals surface area contributed by atoms with Gasteiger partial charge in [0.05, 0.1) is 20.1 Å². The van der Waals surface area contributed by atoms with E-state index in [2.05, 4.69) is 10.2 Å². The van der Waals surface area contributed by atoms with E-state index >= 15 is 0 Å². The van der Waals surface area contributed by atoms with Gasteiger partial charge in [0.1, 0.15) is 5.60 Å². The van der Waals surface area contributed by atoms with Crippen LogP contribution in [0.5, 0.6) is 5.75 Å². The number of hydrogen-bond acceptors (Lipinski definition) is 6. The highest BCUT2D eigenvalue weighted by Gasteiger charge is 2.26. The lowest BCUT2D eigenvalue weighted by atomic mass is 9.92. The van der Waals surface area contributed by atoms with E-state index in [1.807, 2.05) is 0 Å². The lowest BCUT2D eigenvalue weighted by molar-refractivity contribution is -0.155. The van der Waals surface area contributed by atoms with Crippen molar-refractivity contribution in [2.24, 2.45) is 0 Å². The molecule has 1 heterocycles. The van der Waals surface area contributed by atoms with Crippen LogP contribution < -0.4 is 4.74 Å². The van der Waals surface area contributed by atoms with Crippen molar-refractivity contribution < 1.29 is 28.2 Å². The molecule has 0 amide bonds. The molecule has 1 unspecified atom stereocenters. The van der Waals surface area contributed by atoms with Gasteiger partial charge in [-0.3, -0.25) is 9.89 Å². The number of esters is 2. The summed E-state index contributed by atoms with van der Waals surface area (Å²) in [5, 5.41) is 6.70. The SMILES string of the molecule is CCOC(=O)c1cc(C(CC(=O)OC(C)(C)C)c2ccc(OC)c(F)c2)[nH]n1. The molecule has 0 spiro atoms. The molecule has 0 aliphatic heterocycles. The normalized spacial score (nSPS) is 12.4. The maximum Gasteiger partial charge on any atom is 0.358 e. The summed E-state index contributed by atoms with van der Waals surface area (Å²) >= 11 is 0. The minimum Gasteiger partial charge on any atom is -0.494 e. The number of nitrogens with zero attached hydrogens (tertiary/aromatic N) is 1. The summed E-state index contributed by atoms with van der Waals surface area (Å²) in [5.74, 6) is -2.09. The molecule has 1 N–H and O–H groups in total. The zero-order valence-corrected chi connectivity index (χ0v) is 16.7. The molecule has 2 aromatic rings. The van der Waals surface area contributed by atoms with Gasteiger partial charge in [0, 0.05) is 11.6 Å². The minimum absolute atomic E-state index is 0.0620. The molecule has 7 nitrogen and oxygen atoms in total. The Kier molecular flexibility index (Phi) is 6.77. The zero-order valence-electron chi connectivity index (χ0n) is 16.7. The van der Waals surface area contributed by atoms with Crippen LogP contribution in [-0.4, -0.2) is 41.5 Å². The molecule has 2 rings (SSSR count). The van der Waals surface area contributed by atoms with Gasteiger partial charge in [-0.25, -0.2) is 9.18 Å². The molecule has 1 aromatic heterocycles. The Labute approximate surface area is 163 Å². The summed E-state index contributed by atoms with van der Waals surface area (Å²) in [5.41, 5.74) is 0.415. The summed E-state index contributed by atoms with van der Waals surface area (Å²) in [6, 6.07) is 5.92. The minimum atomic E-state index is -0.656. The summed E-state index contributed by atoms with van der Waals surface area (Å²) in [7, 11) is 1.37. The molecule has 0 saturated carbocycles. The number of ether oxygens (including phenoxy) is 3. The van der Waals surface area contributed by atoms with E-state index in [0.29, 0.717) is 11.3 Å². The molecule has 0 aliphatic carbocycles. The zero-order chi connectivity index (χ0) is 20.9. The smallest absolute Gasteiger partial charge is 0.358 e. The summed E-state index contributed by atoms with van der Waals surface area (Å²) in [4.78, 5) is 24.3. The van der Waals surface area contributed by atoms with E-state index in [0.717, 1.165) is 0 Å². The van der Waals surface area contributed by atoms with Crippen LogP contribution in [0.15, 0.2) is 24.3 Å². The van der Waals surface area contributed by atoms with Crippen LogP contribution in [0, 0.1) is 5.82 Å². The Morgan fingerprint density at radius 1 is 1.25 bits per heavy atom. The van der Waals surface area contributed by atoms with Crippen molar-refractivity contribution in [3.63, 3.8) is 0 Å². The van der Waals surface area contributed by atoms with E-state index < -0.39 is 29.3 Å². The second-order valence-corrected chi connectivity index (χ2v) is 7.17. The molecule has 0 bridgehead atoms. The van der Waals surface area contributed by atoms with Crippen LogP contribution in [0.2, 0.25) is 0 Å². The highest BCUT2D eigenvalue weighted by molar-refractivity contribution is 5.87. The van der Waals surface area contributed by atoms with Gasteiger partial charge < -0.3 is 14.2 Å². The molecule has 0 radical (unpaired) electrons. The van der Waals surface area contributed by atoms with Crippen molar-refractivity contribution in [2.45, 2.75) is 45.6 Å². The number of nitrogens with one attached hydrogen (secondary N) is 1. The van der Waals surface area contributed by atoms with Gasteiger partial charge in [0.15, 0.2) is 17.3 Å². The quantitative estimate of drug-likeness (QED) is 0.724. The molecule has 152 valence electrons. The van der Waals surface area contributed by atoms with Crippen molar-refractivity contribution in [1.29, 1.82) is 0 Å². The molecule has 0 aliphatic rings. The van der Waals surface area contributed by atoms with Crippen LogP contribution in [0.25, 0.3) is 0 Å². The van der Waals surface area contributed by atoms with E-state index in [4.69, 9.17) is 14.2 Å². The Bertz CT molecular complexity index is 841. The van der Waals surface area contributed by atoms with Crippen LogP contribution in [0.1, 0.15) is 61.8 Å². The number of halogens is 1. The number of benzene rings is 1. The summed E-state index contributed by atoms with van der Waals surface area (Å²) < 4.78 is 29.5. The standard InChI is InChI=1S/C20H25FN2O5/c1-6-27-19(25)16-11-15(22-23-16)13(10-18(24)28-20(2,3)4)12-7-8-17(26-5)14(21)9-12/h7-9,11,13H,6,10H2,1-5H3,(H,22,23). The number of aromatic amines is 1. The first-order valence-corrected chi connectivity index (χ1v) is 8.92. The number of carbonyl (C=O) groups excluding carboxylic acids is 2. The van der Waals surface area contributed by atoms with Crippen LogP contribution in [0.3, 0.4) is 0 Å². The van der Waals surface area contributed by atoms with E-state index in [9.17, 15) is 14.0 Å². The molecule has 28 heavy (non-hydrogen) atoms. The third kappa shape index (κ3) is 5.55. The topological polar surface area (TPSA) is 90.5 Å². The molecular formula is C20H25FN2O5. The Morgan fingerprint density at radius 3 is 2.54 bits per heavy atom. The average molecular weight is 392 g/mol. The maximum absolute atomic E-state index is 14.2. The molecule has 8 heteroatoms. The van der Waals surface area contributed by atoms with Crippen LogP contribution in [0.4, 0.5) is 4.39 Å². The fraction of sp³-hybridized carbons (Fsp3) is 0.450. The van der Waals surface area contributed by atoms with Gasteiger partial charge in [0.25, 0.3) is 0 Å². The average Bonchev–Trinajstić information content (AvgIpc) is 3.08. The number of aromatic nitrogens is 2. The molecule has 0 saturated heterocycles. The summed E-state index contributed by atoms with van der Waals surface area (Å²) in [6.45, 7) is 7.20. The first kappa shape index (κ1) is 21.4. The number of hydrogen-bond donors (Lipinski definition) is 1. The number of H-pyrrole nitrogens is 1. The Hall–Kier alpha value is -2.90. The predicted molar refractivity (Wildman–Crippen MR) is 99.8 cm³/mol. The van der Waals surface area contributed by atoms with Gasteiger partial charge in [-0.1, -0.05) is 6.07 Å². The van der Waals surface area contributed by atoms with Crippen molar-refractivity contribution >= 4 is 11.9 Å². The van der Waals surface area contributed by atoms with Gasteiger partial charge >= 0.3 is 11.9 Å². The third-order valence-electron chi connectivity index (χ3n) is 3.83. The number of methoxy groups -OCH3 is 1. The van der Waals surface area contributed by atoms with Crippen molar-refractivity contribution in [2.75, 3.05) is 13.7 Å². The van der Waals surface area contributed by atoms with Crippen molar-refractivity contribution in [3.05, 3.63) is 47.0 Å². The van der Waals surface area contributed by atoms with E-state index in [1.165, 1.54) is 25.3 Å². The van der Waals surface area contributed by atoms with Gasteiger partial charge in [-0.15, -0.1) is 0 Å². The number of rotatable bonds is 7. The third-order valence-corrected chi connectivity index (χ3v) is 3.83. The Balaban J connectivity index is 2.37. The fourth-order valence-electron chi connectivity index (χ4n) is 2.68. The molecular weight excluding hydrogens is 367 g/mol. The number of carbonyl (C=O) groups is 2. The Morgan fingerprint density at radius 2 is 1.96 bits per heavy atom.